The number of nitrogens with zero attached hydrogens (tertiary/aromatic N) is 2. The topological polar surface area (TPSA) is 68.3 Å². The lowest BCUT2D eigenvalue weighted by atomic mass is 10.0. The van der Waals surface area contributed by atoms with Crippen molar-refractivity contribution in [3.8, 4) is 5.75 Å². The average Bonchev–Trinajstić information content (AvgIpc) is 2.93. The molecule has 2 N–H and O–H groups in total. The van der Waals surface area contributed by atoms with Gasteiger partial charge in [-0.1, -0.05) is 0 Å². The number of hydrogen-bond acceptors (Lipinski definition) is 6. The number of methoxy groups -OCH3 is 1. The maximum absolute atomic E-state index is 5.42. The maximum Gasteiger partial charge on any atom is 0.204 e. The first kappa shape index (κ1) is 13.9. The summed E-state index contributed by atoms with van der Waals surface area (Å²) in [5.41, 5.74) is 0. The molecule has 0 amide bonds. The van der Waals surface area contributed by atoms with Crippen molar-refractivity contribution in [3.63, 3.8) is 0 Å². The SMILES string of the molecule is CCNc1ncnc(NC(C)C2CCOC2)c1OC. The molecule has 0 saturated carbocycles. The summed E-state index contributed by atoms with van der Waals surface area (Å²) >= 11 is 0. The van der Waals surface area contributed by atoms with Crippen LogP contribution in [0.3, 0.4) is 0 Å². The molecule has 2 atom stereocenters. The highest BCUT2D eigenvalue weighted by atomic mass is 16.5. The Morgan fingerprint density at radius 1 is 1.47 bits per heavy atom. The Hall–Kier alpha value is -1.56. The summed E-state index contributed by atoms with van der Waals surface area (Å²) in [5.74, 6) is 2.63. The fourth-order valence-corrected chi connectivity index (χ4v) is 2.24. The van der Waals surface area contributed by atoms with E-state index < -0.39 is 0 Å². The van der Waals surface area contributed by atoms with Gasteiger partial charge in [-0.3, -0.25) is 0 Å². The Morgan fingerprint density at radius 2 is 2.26 bits per heavy atom. The van der Waals surface area contributed by atoms with E-state index in [2.05, 4.69) is 27.5 Å². The number of hydrogen-bond donors (Lipinski definition) is 2. The third-order valence-electron chi connectivity index (χ3n) is 3.39. The van der Waals surface area contributed by atoms with E-state index >= 15 is 0 Å². The van der Waals surface area contributed by atoms with E-state index in [1.54, 1.807) is 13.4 Å². The van der Waals surface area contributed by atoms with E-state index in [1.807, 2.05) is 6.92 Å². The second-order valence-electron chi connectivity index (χ2n) is 4.69. The van der Waals surface area contributed by atoms with Gasteiger partial charge < -0.3 is 20.1 Å². The molecular formula is C13H22N4O2. The summed E-state index contributed by atoms with van der Waals surface area (Å²) in [6.45, 7) is 6.61. The summed E-state index contributed by atoms with van der Waals surface area (Å²) in [6, 6.07) is 0.292. The molecule has 1 aliphatic rings. The largest absolute Gasteiger partial charge is 0.490 e. The van der Waals surface area contributed by atoms with Crippen LogP contribution in [0.4, 0.5) is 11.6 Å². The van der Waals surface area contributed by atoms with Gasteiger partial charge in [0.05, 0.1) is 13.7 Å². The summed E-state index contributed by atoms with van der Waals surface area (Å²) < 4.78 is 10.8. The van der Waals surface area contributed by atoms with Crippen LogP contribution >= 0.6 is 0 Å². The maximum atomic E-state index is 5.42. The molecule has 1 aromatic rings. The van der Waals surface area contributed by atoms with Crippen molar-refractivity contribution in [2.45, 2.75) is 26.3 Å². The monoisotopic (exact) mass is 266 g/mol. The van der Waals surface area contributed by atoms with Gasteiger partial charge in [-0.25, -0.2) is 9.97 Å². The number of nitrogens with one attached hydrogen (secondary N) is 2. The van der Waals surface area contributed by atoms with Gasteiger partial charge in [0.1, 0.15) is 6.33 Å². The van der Waals surface area contributed by atoms with Gasteiger partial charge in [0, 0.05) is 25.1 Å². The van der Waals surface area contributed by atoms with Gasteiger partial charge in [-0.05, 0) is 20.3 Å². The van der Waals surface area contributed by atoms with Crippen molar-refractivity contribution in [2.24, 2.45) is 5.92 Å². The lowest BCUT2D eigenvalue weighted by Gasteiger charge is -2.21. The van der Waals surface area contributed by atoms with Gasteiger partial charge in [0.15, 0.2) is 11.6 Å². The minimum atomic E-state index is 0.292. The van der Waals surface area contributed by atoms with Gasteiger partial charge in [0.25, 0.3) is 0 Å². The predicted octanol–water partition coefficient (Wildman–Crippen LogP) is 1.75. The van der Waals surface area contributed by atoms with Crippen LogP contribution in [0, 0.1) is 5.92 Å². The zero-order chi connectivity index (χ0) is 13.7. The second kappa shape index (κ2) is 6.56. The molecule has 1 saturated heterocycles. The van der Waals surface area contributed by atoms with Crippen LogP contribution in [-0.4, -0.2) is 42.9 Å². The quantitative estimate of drug-likeness (QED) is 0.817. The molecule has 106 valence electrons. The first-order chi connectivity index (χ1) is 9.26. The number of rotatable bonds is 6. The molecule has 0 bridgehead atoms. The third kappa shape index (κ3) is 3.26. The molecule has 2 unspecified atom stereocenters. The van der Waals surface area contributed by atoms with E-state index in [0.29, 0.717) is 17.7 Å². The zero-order valence-corrected chi connectivity index (χ0v) is 11.8. The molecule has 0 radical (unpaired) electrons. The highest BCUT2D eigenvalue weighted by molar-refractivity contribution is 5.63. The van der Waals surface area contributed by atoms with Crippen LogP contribution in [0.5, 0.6) is 5.75 Å². The van der Waals surface area contributed by atoms with Crippen LogP contribution in [-0.2, 0) is 4.74 Å². The van der Waals surface area contributed by atoms with E-state index in [1.165, 1.54) is 0 Å². The molecule has 0 aliphatic carbocycles. The highest BCUT2D eigenvalue weighted by Gasteiger charge is 2.24. The Morgan fingerprint density at radius 3 is 2.89 bits per heavy atom. The molecule has 1 aliphatic heterocycles. The molecule has 0 aromatic carbocycles. The lowest BCUT2D eigenvalue weighted by molar-refractivity contribution is 0.183. The van der Waals surface area contributed by atoms with Crippen molar-refractivity contribution < 1.29 is 9.47 Å². The van der Waals surface area contributed by atoms with Crippen LogP contribution in [0.1, 0.15) is 20.3 Å². The molecule has 6 nitrogen and oxygen atoms in total. The van der Waals surface area contributed by atoms with Crippen molar-refractivity contribution in [2.75, 3.05) is 37.5 Å². The average molecular weight is 266 g/mol. The van der Waals surface area contributed by atoms with Gasteiger partial charge >= 0.3 is 0 Å². The van der Waals surface area contributed by atoms with Crippen molar-refractivity contribution in [1.29, 1.82) is 0 Å². The molecule has 1 aromatic heterocycles. The number of anilines is 2. The Balaban J connectivity index is 2.12. The Labute approximate surface area is 113 Å². The molecule has 1 fully saturated rings. The van der Waals surface area contributed by atoms with E-state index in [9.17, 15) is 0 Å². The molecule has 2 heterocycles. The van der Waals surface area contributed by atoms with Crippen LogP contribution in [0.15, 0.2) is 6.33 Å². The second-order valence-corrected chi connectivity index (χ2v) is 4.69. The first-order valence-electron chi connectivity index (χ1n) is 6.73. The Kier molecular flexibility index (Phi) is 4.79. The summed E-state index contributed by atoms with van der Waals surface area (Å²) in [6.07, 6.45) is 2.63. The van der Waals surface area contributed by atoms with Crippen molar-refractivity contribution in [3.05, 3.63) is 6.33 Å². The summed E-state index contributed by atoms with van der Waals surface area (Å²) in [5, 5.41) is 6.58. The minimum absolute atomic E-state index is 0.292. The summed E-state index contributed by atoms with van der Waals surface area (Å²) in [4.78, 5) is 8.47. The van der Waals surface area contributed by atoms with Gasteiger partial charge in [0.2, 0.25) is 5.75 Å². The van der Waals surface area contributed by atoms with Crippen LogP contribution < -0.4 is 15.4 Å². The normalized spacial score (nSPS) is 20.1. The first-order valence-corrected chi connectivity index (χ1v) is 6.73. The molecule has 2 rings (SSSR count). The molecule has 0 spiro atoms. The lowest BCUT2D eigenvalue weighted by Crippen LogP contribution is -2.27. The minimum Gasteiger partial charge on any atom is -0.490 e. The van der Waals surface area contributed by atoms with Gasteiger partial charge in [-0.2, -0.15) is 0 Å². The fourth-order valence-electron chi connectivity index (χ4n) is 2.24. The van der Waals surface area contributed by atoms with E-state index in [4.69, 9.17) is 9.47 Å². The predicted molar refractivity (Wildman–Crippen MR) is 74.8 cm³/mol. The summed E-state index contributed by atoms with van der Waals surface area (Å²) in [7, 11) is 1.63. The standard InChI is InChI=1S/C13H22N4O2/c1-4-14-12-11(18-3)13(16-8-15-12)17-9(2)10-5-6-19-7-10/h8-10H,4-7H2,1-3H3,(H2,14,15,16,17). The zero-order valence-electron chi connectivity index (χ0n) is 11.8. The smallest absolute Gasteiger partial charge is 0.204 e. The Bertz CT molecular complexity index is 408. The van der Waals surface area contributed by atoms with E-state index in [0.717, 1.165) is 37.8 Å². The van der Waals surface area contributed by atoms with Crippen LogP contribution in [0.25, 0.3) is 0 Å². The third-order valence-corrected chi connectivity index (χ3v) is 3.39. The highest BCUT2D eigenvalue weighted by Crippen LogP contribution is 2.30. The van der Waals surface area contributed by atoms with E-state index in [-0.39, 0.29) is 0 Å². The molecule has 19 heavy (non-hydrogen) atoms. The molecular weight excluding hydrogens is 244 g/mol. The van der Waals surface area contributed by atoms with Crippen molar-refractivity contribution in [1.82, 2.24) is 9.97 Å². The van der Waals surface area contributed by atoms with Crippen molar-refractivity contribution >= 4 is 11.6 Å². The fraction of sp³-hybridized carbons (Fsp3) is 0.692. The number of aromatic nitrogens is 2. The molecule has 6 heteroatoms. The van der Waals surface area contributed by atoms with Crippen LogP contribution in [0.2, 0.25) is 0 Å². The number of ether oxygens (including phenoxy) is 2. The van der Waals surface area contributed by atoms with Gasteiger partial charge in [-0.15, -0.1) is 0 Å².